The summed E-state index contributed by atoms with van der Waals surface area (Å²) < 4.78 is 5.87. The Morgan fingerprint density at radius 3 is 2.94 bits per heavy atom. The van der Waals surface area contributed by atoms with Crippen LogP contribution >= 0.6 is 0 Å². The Kier molecular flexibility index (Phi) is 3.59. The maximum atomic E-state index is 5.87. The molecule has 1 aliphatic rings. The molecule has 2 nitrogen and oxygen atoms in total. The van der Waals surface area contributed by atoms with Gasteiger partial charge >= 0.3 is 0 Å². The van der Waals surface area contributed by atoms with Gasteiger partial charge < -0.3 is 4.74 Å². The van der Waals surface area contributed by atoms with Crippen LogP contribution in [0.25, 0.3) is 0 Å². The lowest BCUT2D eigenvalue weighted by atomic mass is 9.84. The summed E-state index contributed by atoms with van der Waals surface area (Å²) >= 11 is 0. The smallest absolute Gasteiger partial charge is 0.0828 e. The van der Waals surface area contributed by atoms with Gasteiger partial charge in [0, 0.05) is 18.5 Å². The highest BCUT2D eigenvalue weighted by Crippen LogP contribution is 2.35. The van der Waals surface area contributed by atoms with Crippen molar-refractivity contribution < 1.29 is 4.74 Å². The van der Waals surface area contributed by atoms with Gasteiger partial charge in [-0.1, -0.05) is 13.8 Å². The van der Waals surface area contributed by atoms with Crippen LogP contribution in [0.15, 0.2) is 18.3 Å². The number of hydrogen-bond donors (Lipinski definition) is 0. The molecule has 88 valence electrons. The van der Waals surface area contributed by atoms with Crippen molar-refractivity contribution in [2.24, 2.45) is 11.8 Å². The highest BCUT2D eigenvalue weighted by Gasteiger charge is 2.25. The van der Waals surface area contributed by atoms with Crippen molar-refractivity contribution in [3.05, 3.63) is 29.6 Å². The molecule has 2 unspecified atom stereocenters. The first-order valence-corrected chi connectivity index (χ1v) is 6.21. The number of rotatable bonds is 2. The summed E-state index contributed by atoms with van der Waals surface area (Å²) in [6, 6.07) is 4.23. The van der Waals surface area contributed by atoms with E-state index in [4.69, 9.17) is 4.74 Å². The number of hydrogen-bond acceptors (Lipinski definition) is 2. The minimum Gasteiger partial charge on any atom is -0.374 e. The number of ether oxygens (including phenoxy) is 1. The molecule has 2 atom stereocenters. The van der Waals surface area contributed by atoms with Crippen LogP contribution in [0, 0.1) is 18.8 Å². The van der Waals surface area contributed by atoms with Crippen LogP contribution in [0.3, 0.4) is 0 Å². The van der Waals surface area contributed by atoms with Crippen LogP contribution in [0.1, 0.15) is 44.1 Å². The molecular weight excluding hydrogens is 198 g/mol. The Labute approximate surface area is 98.0 Å². The minimum absolute atomic E-state index is 0.280. The predicted octanol–water partition coefficient (Wildman–Crippen LogP) is 3.51. The Bertz CT molecular complexity index is 348. The molecule has 1 aliphatic heterocycles. The summed E-state index contributed by atoms with van der Waals surface area (Å²) in [5.74, 6) is 1.56. The van der Waals surface area contributed by atoms with Gasteiger partial charge in [0.05, 0.1) is 6.10 Å². The second-order valence-corrected chi connectivity index (χ2v) is 5.12. The van der Waals surface area contributed by atoms with Gasteiger partial charge in [-0.2, -0.15) is 0 Å². The van der Waals surface area contributed by atoms with E-state index in [1.807, 2.05) is 13.1 Å². The van der Waals surface area contributed by atoms with Gasteiger partial charge in [-0.3, -0.25) is 4.98 Å². The summed E-state index contributed by atoms with van der Waals surface area (Å²) in [6.45, 7) is 7.55. The van der Waals surface area contributed by atoms with E-state index in [1.54, 1.807) is 0 Å². The fraction of sp³-hybridized carbons (Fsp3) is 0.643. The molecule has 1 aromatic rings. The van der Waals surface area contributed by atoms with Crippen LogP contribution in [-0.4, -0.2) is 11.6 Å². The van der Waals surface area contributed by atoms with Gasteiger partial charge in [0.25, 0.3) is 0 Å². The molecule has 1 aromatic heterocycles. The highest BCUT2D eigenvalue weighted by molar-refractivity contribution is 5.18. The first-order chi connectivity index (χ1) is 7.66. The molecule has 1 fully saturated rings. The summed E-state index contributed by atoms with van der Waals surface area (Å²) in [5, 5.41) is 0. The topological polar surface area (TPSA) is 22.1 Å². The van der Waals surface area contributed by atoms with Crippen molar-refractivity contribution in [1.29, 1.82) is 0 Å². The zero-order chi connectivity index (χ0) is 11.5. The van der Waals surface area contributed by atoms with E-state index >= 15 is 0 Å². The average Bonchev–Trinajstić information content (AvgIpc) is 2.29. The zero-order valence-electron chi connectivity index (χ0n) is 10.4. The van der Waals surface area contributed by atoms with Crippen molar-refractivity contribution in [3.8, 4) is 0 Å². The van der Waals surface area contributed by atoms with E-state index in [1.165, 1.54) is 12.0 Å². The molecule has 2 rings (SSSR count). The molecule has 16 heavy (non-hydrogen) atoms. The van der Waals surface area contributed by atoms with Gasteiger partial charge in [0.1, 0.15) is 0 Å². The van der Waals surface area contributed by atoms with Crippen LogP contribution < -0.4 is 0 Å². The van der Waals surface area contributed by atoms with E-state index in [2.05, 4.69) is 31.0 Å². The van der Waals surface area contributed by atoms with Gasteiger partial charge in [-0.15, -0.1) is 0 Å². The van der Waals surface area contributed by atoms with Gasteiger partial charge in [0.2, 0.25) is 0 Å². The molecule has 0 bridgehead atoms. The molecule has 0 radical (unpaired) electrons. The molecule has 2 heteroatoms. The van der Waals surface area contributed by atoms with Gasteiger partial charge in [0.15, 0.2) is 0 Å². The largest absolute Gasteiger partial charge is 0.374 e. The molecule has 0 spiro atoms. The van der Waals surface area contributed by atoms with Crippen molar-refractivity contribution in [2.75, 3.05) is 6.61 Å². The summed E-state index contributed by atoms with van der Waals surface area (Å²) in [5.41, 5.74) is 2.37. The van der Waals surface area contributed by atoms with E-state index in [9.17, 15) is 0 Å². The van der Waals surface area contributed by atoms with Crippen molar-refractivity contribution in [2.45, 2.75) is 39.7 Å². The summed E-state index contributed by atoms with van der Waals surface area (Å²) in [7, 11) is 0. The normalized spacial score (nSPS) is 26.0. The van der Waals surface area contributed by atoms with E-state index in [-0.39, 0.29) is 6.10 Å². The molecule has 0 aromatic carbocycles. The molecule has 0 amide bonds. The Morgan fingerprint density at radius 2 is 2.25 bits per heavy atom. The third kappa shape index (κ3) is 2.62. The van der Waals surface area contributed by atoms with Gasteiger partial charge in [-0.05, 0) is 49.3 Å². The first kappa shape index (κ1) is 11.6. The van der Waals surface area contributed by atoms with Crippen molar-refractivity contribution in [1.82, 2.24) is 4.98 Å². The van der Waals surface area contributed by atoms with Crippen molar-refractivity contribution >= 4 is 0 Å². The first-order valence-electron chi connectivity index (χ1n) is 6.21. The maximum Gasteiger partial charge on any atom is 0.0828 e. The molecule has 0 N–H and O–H groups in total. The van der Waals surface area contributed by atoms with Crippen molar-refractivity contribution in [3.63, 3.8) is 0 Å². The molecule has 2 heterocycles. The standard InChI is InChI=1S/C14H21NO/c1-10(2)12-5-7-16-14(9-12)13-4-6-15-11(3)8-13/h4,6,8,10,12,14H,5,7,9H2,1-3H3. The monoisotopic (exact) mass is 219 g/mol. The summed E-state index contributed by atoms with van der Waals surface area (Å²) in [4.78, 5) is 4.23. The number of pyridine rings is 1. The second kappa shape index (κ2) is 4.96. The lowest BCUT2D eigenvalue weighted by Gasteiger charge is -2.32. The fourth-order valence-corrected chi connectivity index (χ4v) is 2.43. The van der Waals surface area contributed by atoms with Gasteiger partial charge in [-0.25, -0.2) is 0 Å². The minimum atomic E-state index is 0.280. The lowest BCUT2D eigenvalue weighted by molar-refractivity contribution is -0.0205. The molecule has 0 saturated carbocycles. The third-order valence-electron chi connectivity index (χ3n) is 3.56. The number of nitrogens with zero attached hydrogens (tertiary/aromatic N) is 1. The molecular formula is C14H21NO. The third-order valence-corrected chi connectivity index (χ3v) is 3.56. The Morgan fingerprint density at radius 1 is 1.44 bits per heavy atom. The predicted molar refractivity (Wildman–Crippen MR) is 65.2 cm³/mol. The van der Waals surface area contributed by atoms with E-state index in [0.29, 0.717) is 0 Å². The second-order valence-electron chi connectivity index (χ2n) is 5.12. The highest BCUT2D eigenvalue weighted by atomic mass is 16.5. The van der Waals surface area contributed by atoms with Crippen LogP contribution in [-0.2, 0) is 4.74 Å². The average molecular weight is 219 g/mol. The SMILES string of the molecule is Cc1cc(C2CC(C(C)C)CCO2)ccn1. The molecule has 0 aliphatic carbocycles. The lowest BCUT2D eigenvalue weighted by Crippen LogP contribution is -2.23. The van der Waals surface area contributed by atoms with Crippen LogP contribution in [0.5, 0.6) is 0 Å². The zero-order valence-corrected chi connectivity index (χ0v) is 10.4. The van der Waals surface area contributed by atoms with E-state index < -0.39 is 0 Å². The Hall–Kier alpha value is -0.890. The maximum absolute atomic E-state index is 5.87. The fourth-order valence-electron chi connectivity index (χ4n) is 2.43. The van der Waals surface area contributed by atoms with Crippen LogP contribution in [0.2, 0.25) is 0 Å². The number of aryl methyl sites for hydroxylation is 1. The van der Waals surface area contributed by atoms with E-state index in [0.717, 1.165) is 30.6 Å². The van der Waals surface area contributed by atoms with Crippen LogP contribution in [0.4, 0.5) is 0 Å². The Balaban J connectivity index is 2.09. The summed E-state index contributed by atoms with van der Waals surface area (Å²) in [6.07, 6.45) is 4.52. The quantitative estimate of drug-likeness (QED) is 0.759. The number of aromatic nitrogens is 1. The molecule has 1 saturated heterocycles.